The van der Waals surface area contributed by atoms with Crippen molar-refractivity contribution >= 4 is 21.6 Å². The first-order valence-corrected chi connectivity index (χ1v) is 15.2. The summed E-state index contributed by atoms with van der Waals surface area (Å²) in [6.07, 6.45) is 2.43. The van der Waals surface area contributed by atoms with Gasteiger partial charge in [0.2, 0.25) is 15.9 Å². The van der Waals surface area contributed by atoms with Crippen LogP contribution in [0.4, 0.5) is 5.69 Å². The highest BCUT2D eigenvalue weighted by atomic mass is 32.2. The van der Waals surface area contributed by atoms with Crippen LogP contribution >= 0.6 is 0 Å². The number of benzene rings is 2. The molecule has 2 aromatic rings. The zero-order chi connectivity index (χ0) is 28.0. The van der Waals surface area contributed by atoms with Gasteiger partial charge in [-0.15, -0.1) is 0 Å². The van der Waals surface area contributed by atoms with E-state index in [0.717, 1.165) is 44.6 Å². The number of hydrogen-bond acceptors (Lipinski definition) is 7. The van der Waals surface area contributed by atoms with E-state index < -0.39 is 10.0 Å². The summed E-state index contributed by atoms with van der Waals surface area (Å²) in [7, 11) is -0.00348. The number of nitrogens with one attached hydrogen (secondary N) is 1. The highest BCUT2D eigenvalue weighted by Gasteiger charge is 2.35. The number of piperidine rings is 1. The van der Waals surface area contributed by atoms with Crippen molar-refractivity contribution in [2.75, 3.05) is 65.0 Å². The van der Waals surface area contributed by atoms with E-state index in [1.165, 1.54) is 5.69 Å². The summed E-state index contributed by atoms with van der Waals surface area (Å²) in [5, 5.41) is 2.91. The third-order valence-electron chi connectivity index (χ3n) is 7.65. The van der Waals surface area contributed by atoms with Gasteiger partial charge < -0.3 is 24.6 Å². The molecule has 2 aliphatic rings. The van der Waals surface area contributed by atoms with E-state index in [4.69, 9.17) is 9.47 Å². The number of amides is 1. The molecule has 0 saturated carbocycles. The van der Waals surface area contributed by atoms with E-state index >= 15 is 0 Å². The standard InChI is InChI=1S/C29H42N4O5S/c1-22-17-27(37-4)18-23(2)29(22)39(35,36)33-12-6-5-7-26(33)20-38-21-28(34)30-19-24-8-10-25(11-9-24)32-15-13-31(3)14-16-32/h8-11,17-18,26H,5-7,12-16,19-21H2,1-4H3,(H,30,34). The van der Waals surface area contributed by atoms with Gasteiger partial charge in [-0.05, 0) is 74.7 Å². The van der Waals surface area contributed by atoms with Crippen LogP contribution in [0.1, 0.15) is 36.0 Å². The lowest BCUT2D eigenvalue weighted by atomic mass is 10.1. The highest BCUT2D eigenvalue weighted by molar-refractivity contribution is 7.89. The minimum Gasteiger partial charge on any atom is -0.497 e. The van der Waals surface area contributed by atoms with Crippen LogP contribution in [0.2, 0.25) is 0 Å². The monoisotopic (exact) mass is 558 g/mol. The number of anilines is 1. The van der Waals surface area contributed by atoms with Gasteiger partial charge in [0.1, 0.15) is 12.4 Å². The Balaban J connectivity index is 1.28. The summed E-state index contributed by atoms with van der Waals surface area (Å²) < 4.78 is 40.0. The SMILES string of the molecule is COc1cc(C)c(S(=O)(=O)N2CCCCC2COCC(=O)NCc2ccc(N3CCN(C)CC3)cc2)c(C)c1. The largest absolute Gasteiger partial charge is 0.497 e. The zero-order valence-electron chi connectivity index (χ0n) is 23.6. The van der Waals surface area contributed by atoms with E-state index in [1.54, 1.807) is 37.4 Å². The molecule has 2 aromatic carbocycles. The number of carbonyl (C=O) groups excluding carboxylic acids is 1. The predicted molar refractivity (Wildman–Crippen MR) is 153 cm³/mol. The molecule has 0 aromatic heterocycles. The molecule has 1 amide bonds. The van der Waals surface area contributed by atoms with Gasteiger partial charge in [-0.25, -0.2) is 8.42 Å². The van der Waals surface area contributed by atoms with E-state index in [0.29, 0.717) is 41.3 Å². The van der Waals surface area contributed by atoms with Crippen LogP contribution in [0, 0.1) is 13.8 Å². The fourth-order valence-corrected chi connectivity index (χ4v) is 7.53. The van der Waals surface area contributed by atoms with Gasteiger partial charge in [0.25, 0.3) is 0 Å². The van der Waals surface area contributed by atoms with Gasteiger partial charge in [0.15, 0.2) is 0 Å². The molecular weight excluding hydrogens is 516 g/mol. The Kier molecular flexibility index (Phi) is 9.87. The number of carbonyl (C=O) groups is 1. The fourth-order valence-electron chi connectivity index (χ4n) is 5.44. The van der Waals surface area contributed by atoms with Crippen molar-refractivity contribution in [2.45, 2.75) is 50.6 Å². The number of piperazine rings is 1. The van der Waals surface area contributed by atoms with E-state index in [9.17, 15) is 13.2 Å². The lowest BCUT2D eigenvalue weighted by molar-refractivity contribution is -0.126. The van der Waals surface area contributed by atoms with Gasteiger partial charge >= 0.3 is 0 Å². The maximum absolute atomic E-state index is 13.7. The molecule has 1 atom stereocenters. The lowest BCUT2D eigenvalue weighted by Crippen LogP contribution is -2.46. The lowest BCUT2D eigenvalue weighted by Gasteiger charge is -2.35. The fraction of sp³-hybridized carbons (Fsp3) is 0.552. The molecule has 2 aliphatic heterocycles. The molecule has 4 rings (SSSR count). The summed E-state index contributed by atoms with van der Waals surface area (Å²) in [6, 6.07) is 11.5. The summed E-state index contributed by atoms with van der Waals surface area (Å²) >= 11 is 0. The van der Waals surface area contributed by atoms with E-state index in [1.807, 2.05) is 12.1 Å². The van der Waals surface area contributed by atoms with Gasteiger partial charge in [0.05, 0.1) is 18.6 Å². The quantitative estimate of drug-likeness (QED) is 0.480. The molecule has 1 unspecified atom stereocenters. The molecule has 0 radical (unpaired) electrons. The van der Waals surface area contributed by atoms with Gasteiger partial charge in [-0.2, -0.15) is 4.31 Å². The average molecular weight is 559 g/mol. The molecule has 2 heterocycles. The van der Waals surface area contributed by atoms with Crippen LogP contribution in [0.5, 0.6) is 5.75 Å². The second kappa shape index (κ2) is 13.1. The Morgan fingerprint density at radius 3 is 2.31 bits per heavy atom. The van der Waals surface area contributed by atoms with Crippen LogP contribution in [0.15, 0.2) is 41.3 Å². The van der Waals surface area contributed by atoms with Gasteiger partial charge in [-0.3, -0.25) is 4.79 Å². The van der Waals surface area contributed by atoms with Crippen molar-refractivity contribution in [3.05, 3.63) is 53.1 Å². The molecule has 10 heteroatoms. The minimum atomic E-state index is -3.72. The van der Waals surface area contributed by atoms with Crippen molar-refractivity contribution in [1.29, 1.82) is 0 Å². The zero-order valence-corrected chi connectivity index (χ0v) is 24.4. The van der Waals surface area contributed by atoms with Crippen LogP contribution < -0.4 is 15.0 Å². The Bertz CT molecular complexity index is 1200. The first kappa shape index (κ1) is 29.3. The molecule has 39 heavy (non-hydrogen) atoms. The number of ether oxygens (including phenoxy) is 2. The third kappa shape index (κ3) is 7.30. The van der Waals surface area contributed by atoms with Crippen LogP contribution in [-0.4, -0.2) is 89.7 Å². The summed E-state index contributed by atoms with van der Waals surface area (Å²) in [5.74, 6) is 0.421. The molecule has 214 valence electrons. The number of rotatable bonds is 10. The number of nitrogens with zero attached hydrogens (tertiary/aromatic N) is 3. The molecule has 9 nitrogen and oxygen atoms in total. The van der Waals surface area contributed by atoms with Crippen LogP contribution in [0.3, 0.4) is 0 Å². The molecule has 0 bridgehead atoms. The van der Waals surface area contributed by atoms with E-state index in [-0.39, 0.29) is 25.2 Å². The summed E-state index contributed by atoms with van der Waals surface area (Å²) in [4.78, 5) is 17.5. The van der Waals surface area contributed by atoms with Gasteiger partial charge in [0, 0.05) is 51.0 Å². The molecule has 0 aliphatic carbocycles. The van der Waals surface area contributed by atoms with Crippen molar-refractivity contribution in [3.8, 4) is 5.75 Å². The Labute approximate surface area is 233 Å². The van der Waals surface area contributed by atoms with Crippen molar-refractivity contribution < 1.29 is 22.7 Å². The number of hydrogen-bond donors (Lipinski definition) is 1. The summed E-state index contributed by atoms with van der Waals surface area (Å²) in [6.45, 7) is 8.68. The molecular formula is C29H42N4O5S. The second-order valence-electron chi connectivity index (χ2n) is 10.6. The Morgan fingerprint density at radius 2 is 1.67 bits per heavy atom. The summed E-state index contributed by atoms with van der Waals surface area (Å²) in [5.41, 5.74) is 3.55. The Hall–Kier alpha value is -2.66. The first-order chi connectivity index (χ1) is 18.7. The smallest absolute Gasteiger partial charge is 0.246 e. The average Bonchev–Trinajstić information content (AvgIpc) is 2.92. The highest BCUT2D eigenvalue weighted by Crippen LogP contribution is 2.32. The minimum absolute atomic E-state index is 0.107. The molecule has 2 fully saturated rings. The Morgan fingerprint density at radius 1 is 1.00 bits per heavy atom. The van der Waals surface area contributed by atoms with Crippen LogP contribution in [0.25, 0.3) is 0 Å². The molecule has 1 N–H and O–H groups in total. The van der Waals surface area contributed by atoms with E-state index in [2.05, 4.69) is 34.3 Å². The maximum atomic E-state index is 13.7. The first-order valence-electron chi connectivity index (χ1n) is 13.7. The number of sulfonamides is 1. The van der Waals surface area contributed by atoms with Crippen LogP contribution in [-0.2, 0) is 26.1 Å². The maximum Gasteiger partial charge on any atom is 0.246 e. The normalized spacial score (nSPS) is 19.2. The van der Waals surface area contributed by atoms with Crippen molar-refractivity contribution in [2.24, 2.45) is 0 Å². The molecule has 0 spiro atoms. The number of likely N-dealkylation sites (N-methyl/N-ethyl adjacent to an activating group) is 1. The van der Waals surface area contributed by atoms with Crippen molar-refractivity contribution in [1.82, 2.24) is 14.5 Å². The number of methoxy groups -OCH3 is 1. The molecule has 2 saturated heterocycles. The van der Waals surface area contributed by atoms with Gasteiger partial charge in [-0.1, -0.05) is 18.6 Å². The second-order valence-corrected chi connectivity index (χ2v) is 12.4. The third-order valence-corrected chi connectivity index (χ3v) is 9.91. The van der Waals surface area contributed by atoms with Crippen molar-refractivity contribution in [3.63, 3.8) is 0 Å². The topological polar surface area (TPSA) is 91.4 Å². The predicted octanol–water partition coefficient (Wildman–Crippen LogP) is 2.94. The number of aryl methyl sites for hydroxylation is 2.